The maximum absolute atomic E-state index is 12.5. The van der Waals surface area contributed by atoms with Crippen molar-refractivity contribution in [2.24, 2.45) is 10.7 Å². The molecule has 0 saturated carbocycles. The molecule has 0 aliphatic carbocycles. The van der Waals surface area contributed by atoms with Gasteiger partial charge in [0.1, 0.15) is 11.5 Å². The molecule has 3 N–H and O–H groups in total. The van der Waals surface area contributed by atoms with Gasteiger partial charge in [0.05, 0.1) is 19.2 Å². The minimum absolute atomic E-state index is 0.0111. The molecule has 26 heavy (non-hydrogen) atoms. The molecular formula is C18H18BrF2N3O2. The van der Waals surface area contributed by atoms with Crippen molar-refractivity contribution in [3.05, 3.63) is 58.1 Å². The number of hydrogen-bond donors (Lipinski definition) is 2. The Morgan fingerprint density at radius 2 is 2.15 bits per heavy atom. The zero-order valence-corrected chi connectivity index (χ0v) is 15.4. The Kier molecular flexibility index (Phi) is 5.92. The number of nitrogens with one attached hydrogen (secondary N) is 1. The number of guanidine groups is 1. The number of aliphatic imine (C=N–C) groups is 1. The van der Waals surface area contributed by atoms with Gasteiger partial charge in [-0.3, -0.25) is 0 Å². The fourth-order valence-corrected chi connectivity index (χ4v) is 3.18. The summed E-state index contributed by atoms with van der Waals surface area (Å²) in [6, 6.07) is 12.5. The Bertz CT molecular complexity index is 802. The summed E-state index contributed by atoms with van der Waals surface area (Å²) in [6.07, 6.45) is 0.754. The highest BCUT2D eigenvalue weighted by Gasteiger charge is 2.21. The monoisotopic (exact) mass is 425 g/mol. The minimum atomic E-state index is -2.90. The van der Waals surface area contributed by atoms with Gasteiger partial charge in [-0.15, -0.1) is 0 Å². The Morgan fingerprint density at radius 3 is 2.96 bits per heavy atom. The first-order chi connectivity index (χ1) is 12.5. The quantitative estimate of drug-likeness (QED) is 0.561. The van der Waals surface area contributed by atoms with E-state index in [1.165, 1.54) is 6.07 Å². The molecule has 138 valence electrons. The second-order valence-corrected chi connectivity index (χ2v) is 6.62. The summed E-state index contributed by atoms with van der Waals surface area (Å²) < 4.78 is 36.0. The first-order valence-corrected chi connectivity index (χ1v) is 8.83. The van der Waals surface area contributed by atoms with Crippen LogP contribution in [0.4, 0.5) is 8.78 Å². The third-order valence-electron chi connectivity index (χ3n) is 3.94. The van der Waals surface area contributed by atoms with Crippen LogP contribution in [0.2, 0.25) is 0 Å². The third-order valence-corrected chi connectivity index (χ3v) is 4.43. The Labute approximate surface area is 158 Å². The van der Waals surface area contributed by atoms with Crippen molar-refractivity contribution in [2.45, 2.75) is 25.6 Å². The van der Waals surface area contributed by atoms with E-state index in [0.717, 1.165) is 22.2 Å². The van der Waals surface area contributed by atoms with Crippen LogP contribution in [0.25, 0.3) is 0 Å². The summed E-state index contributed by atoms with van der Waals surface area (Å²) in [5.74, 6) is 1.13. The van der Waals surface area contributed by atoms with Crippen LogP contribution in [0, 0.1) is 0 Å². The molecule has 0 aromatic heterocycles. The normalized spacial score (nSPS) is 16.8. The summed E-state index contributed by atoms with van der Waals surface area (Å²) in [4.78, 5) is 4.27. The average Bonchev–Trinajstić information content (AvgIpc) is 2.62. The van der Waals surface area contributed by atoms with Gasteiger partial charge >= 0.3 is 6.61 Å². The van der Waals surface area contributed by atoms with Crippen LogP contribution in [-0.2, 0) is 6.54 Å². The van der Waals surface area contributed by atoms with Gasteiger partial charge in [-0.1, -0.05) is 34.1 Å². The van der Waals surface area contributed by atoms with E-state index in [1.54, 1.807) is 12.1 Å². The van der Waals surface area contributed by atoms with Crippen LogP contribution in [0.3, 0.4) is 0 Å². The van der Waals surface area contributed by atoms with Crippen molar-refractivity contribution < 1.29 is 18.3 Å². The van der Waals surface area contributed by atoms with Crippen molar-refractivity contribution in [1.82, 2.24) is 5.32 Å². The van der Waals surface area contributed by atoms with E-state index in [0.29, 0.717) is 12.2 Å². The van der Waals surface area contributed by atoms with E-state index < -0.39 is 6.61 Å². The zero-order valence-electron chi connectivity index (χ0n) is 13.8. The number of nitrogens with zero attached hydrogens (tertiary/aromatic N) is 1. The molecule has 0 fully saturated rings. The van der Waals surface area contributed by atoms with Gasteiger partial charge in [0.2, 0.25) is 0 Å². The maximum Gasteiger partial charge on any atom is 0.387 e. The van der Waals surface area contributed by atoms with E-state index in [-0.39, 0.29) is 24.3 Å². The van der Waals surface area contributed by atoms with Crippen molar-refractivity contribution >= 4 is 21.9 Å². The predicted molar refractivity (Wildman–Crippen MR) is 98.5 cm³/mol. The van der Waals surface area contributed by atoms with Gasteiger partial charge in [-0.05, 0) is 24.3 Å². The van der Waals surface area contributed by atoms with Gasteiger partial charge in [-0.2, -0.15) is 8.78 Å². The van der Waals surface area contributed by atoms with E-state index >= 15 is 0 Å². The lowest BCUT2D eigenvalue weighted by molar-refractivity contribution is -0.0504. The second kappa shape index (κ2) is 8.35. The van der Waals surface area contributed by atoms with Crippen LogP contribution >= 0.6 is 15.9 Å². The number of benzene rings is 2. The smallest absolute Gasteiger partial charge is 0.387 e. The molecule has 8 heteroatoms. The molecule has 1 aliphatic heterocycles. The first kappa shape index (κ1) is 18.4. The molecule has 0 radical (unpaired) electrons. The number of alkyl halides is 2. The van der Waals surface area contributed by atoms with Crippen molar-refractivity contribution in [2.75, 3.05) is 6.61 Å². The fourth-order valence-electron chi connectivity index (χ4n) is 2.77. The molecule has 5 nitrogen and oxygen atoms in total. The van der Waals surface area contributed by atoms with E-state index in [1.807, 2.05) is 24.3 Å². The van der Waals surface area contributed by atoms with Gasteiger partial charge in [-0.25, -0.2) is 4.99 Å². The van der Waals surface area contributed by atoms with Crippen molar-refractivity contribution in [3.63, 3.8) is 0 Å². The average molecular weight is 426 g/mol. The molecule has 0 amide bonds. The number of para-hydroxylation sites is 1. The molecule has 1 aliphatic rings. The summed E-state index contributed by atoms with van der Waals surface area (Å²) in [5, 5.41) is 3.17. The number of ether oxygens (including phenoxy) is 2. The third kappa shape index (κ3) is 4.63. The van der Waals surface area contributed by atoms with Gasteiger partial charge in [0, 0.05) is 22.0 Å². The molecule has 3 rings (SSSR count). The fraction of sp³-hybridized carbons (Fsp3) is 0.278. The number of rotatable bonds is 5. The second-order valence-electron chi connectivity index (χ2n) is 5.70. The Balaban J connectivity index is 1.71. The Hall–Kier alpha value is -2.35. The lowest BCUT2D eigenvalue weighted by atomic mass is 10.0. The highest BCUT2D eigenvalue weighted by molar-refractivity contribution is 9.10. The van der Waals surface area contributed by atoms with Gasteiger partial charge in [0.25, 0.3) is 0 Å². The molecule has 2 aromatic rings. The molecule has 1 atom stereocenters. The zero-order chi connectivity index (χ0) is 18.5. The van der Waals surface area contributed by atoms with Crippen LogP contribution in [0.5, 0.6) is 11.5 Å². The maximum atomic E-state index is 12.5. The van der Waals surface area contributed by atoms with Gasteiger partial charge < -0.3 is 20.5 Å². The molecule has 0 saturated heterocycles. The molecule has 1 heterocycles. The van der Waals surface area contributed by atoms with Crippen LogP contribution < -0.4 is 20.5 Å². The highest BCUT2D eigenvalue weighted by atomic mass is 79.9. The molecular weight excluding hydrogens is 408 g/mol. The topological polar surface area (TPSA) is 68.9 Å². The summed E-state index contributed by atoms with van der Waals surface area (Å²) in [6.45, 7) is -2.20. The highest BCUT2D eigenvalue weighted by Crippen LogP contribution is 2.31. The van der Waals surface area contributed by atoms with Crippen LogP contribution in [0.1, 0.15) is 23.6 Å². The minimum Gasteiger partial charge on any atom is -0.493 e. The lowest BCUT2D eigenvalue weighted by Crippen LogP contribution is -2.37. The summed E-state index contributed by atoms with van der Waals surface area (Å²) in [7, 11) is 0. The van der Waals surface area contributed by atoms with E-state index in [4.69, 9.17) is 10.5 Å². The van der Waals surface area contributed by atoms with Crippen LogP contribution in [0.15, 0.2) is 51.9 Å². The number of hydrogen-bond acceptors (Lipinski definition) is 3. The number of halogens is 3. The SMILES string of the molecule is NC(=NCc1cc(Br)ccc1OC(F)F)NC1CCOc2ccccc21. The molecule has 0 spiro atoms. The standard InChI is InChI=1S/C18H18BrF2N3O2/c19-12-5-6-15(26-17(20)21)11(9-12)10-23-18(22)24-14-7-8-25-16-4-2-1-3-13(14)16/h1-6,9,14,17H,7-8,10H2,(H3,22,23,24). The summed E-state index contributed by atoms with van der Waals surface area (Å²) >= 11 is 3.31. The Morgan fingerprint density at radius 1 is 1.35 bits per heavy atom. The van der Waals surface area contributed by atoms with Crippen molar-refractivity contribution in [3.8, 4) is 11.5 Å². The predicted octanol–water partition coefficient (Wildman–Crippen LogP) is 3.98. The van der Waals surface area contributed by atoms with Gasteiger partial charge in [0.15, 0.2) is 5.96 Å². The van der Waals surface area contributed by atoms with Crippen LogP contribution in [-0.4, -0.2) is 19.2 Å². The first-order valence-electron chi connectivity index (χ1n) is 8.04. The molecule has 1 unspecified atom stereocenters. The number of nitrogens with two attached hydrogens (primary N) is 1. The molecule has 0 bridgehead atoms. The lowest BCUT2D eigenvalue weighted by Gasteiger charge is -2.27. The summed E-state index contributed by atoms with van der Waals surface area (Å²) in [5.41, 5.74) is 7.52. The van der Waals surface area contributed by atoms with E-state index in [2.05, 4.69) is 31.0 Å². The molecule has 2 aromatic carbocycles. The van der Waals surface area contributed by atoms with E-state index in [9.17, 15) is 8.78 Å². The largest absolute Gasteiger partial charge is 0.493 e. The number of fused-ring (bicyclic) bond motifs is 1. The van der Waals surface area contributed by atoms with Crippen molar-refractivity contribution in [1.29, 1.82) is 0 Å².